The second-order valence-electron chi connectivity index (χ2n) is 1.85. The molecule has 3 N–H and O–H groups in total. The molecule has 50 valence electrons. The third-order valence-corrected chi connectivity index (χ3v) is 1.13. The summed E-state index contributed by atoms with van der Waals surface area (Å²) in [4.78, 5) is 3.82. The Morgan fingerprint density at radius 1 is 1.89 bits per heavy atom. The van der Waals surface area contributed by atoms with Gasteiger partial charge in [0, 0.05) is 13.2 Å². The number of imidazole rings is 1. The van der Waals surface area contributed by atoms with E-state index in [0.717, 1.165) is 0 Å². The van der Waals surface area contributed by atoms with Crippen LogP contribution in [0.15, 0.2) is 6.20 Å². The summed E-state index contributed by atoms with van der Waals surface area (Å²) in [7, 11) is 1.79. The van der Waals surface area contributed by atoms with E-state index in [2.05, 4.69) is 4.98 Å². The number of anilines is 1. The van der Waals surface area contributed by atoms with Crippen molar-refractivity contribution in [2.75, 3.05) is 5.73 Å². The zero-order valence-electron chi connectivity index (χ0n) is 5.20. The van der Waals surface area contributed by atoms with Crippen molar-refractivity contribution in [1.82, 2.24) is 9.55 Å². The van der Waals surface area contributed by atoms with E-state index in [0.29, 0.717) is 11.6 Å². The molecule has 0 aliphatic carbocycles. The number of aliphatic hydroxyl groups is 1. The molecule has 0 fully saturated rings. The summed E-state index contributed by atoms with van der Waals surface area (Å²) in [6.45, 7) is -0.0618. The minimum absolute atomic E-state index is 0.0618. The van der Waals surface area contributed by atoms with Gasteiger partial charge in [-0.1, -0.05) is 0 Å². The molecule has 0 atom stereocenters. The highest BCUT2D eigenvalue weighted by atomic mass is 16.3. The van der Waals surface area contributed by atoms with Gasteiger partial charge in [-0.2, -0.15) is 0 Å². The number of aryl methyl sites for hydroxylation is 1. The Morgan fingerprint density at radius 2 is 2.56 bits per heavy atom. The highest BCUT2D eigenvalue weighted by Gasteiger charge is 1.97. The van der Waals surface area contributed by atoms with Gasteiger partial charge in [0.25, 0.3) is 0 Å². The quantitative estimate of drug-likeness (QED) is 0.534. The monoisotopic (exact) mass is 127 g/mol. The molecule has 1 rings (SSSR count). The number of nitrogens with zero attached hydrogens (tertiary/aromatic N) is 2. The summed E-state index contributed by atoms with van der Waals surface area (Å²) in [5, 5.41) is 8.59. The van der Waals surface area contributed by atoms with Crippen molar-refractivity contribution in [3.8, 4) is 0 Å². The fourth-order valence-electron chi connectivity index (χ4n) is 0.677. The van der Waals surface area contributed by atoms with E-state index in [1.54, 1.807) is 17.8 Å². The molecule has 0 aromatic carbocycles. The maximum Gasteiger partial charge on any atom is 0.142 e. The van der Waals surface area contributed by atoms with Crippen molar-refractivity contribution >= 4 is 5.82 Å². The Morgan fingerprint density at radius 3 is 2.78 bits per heavy atom. The van der Waals surface area contributed by atoms with E-state index < -0.39 is 0 Å². The molecule has 0 bridgehead atoms. The van der Waals surface area contributed by atoms with Gasteiger partial charge < -0.3 is 15.4 Å². The van der Waals surface area contributed by atoms with Crippen molar-refractivity contribution in [1.29, 1.82) is 0 Å². The maximum atomic E-state index is 8.59. The lowest BCUT2D eigenvalue weighted by Crippen LogP contribution is -1.95. The molecule has 0 unspecified atom stereocenters. The molecule has 0 amide bonds. The van der Waals surface area contributed by atoms with E-state index in [9.17, 15) is 0 Å². The molecule has 1 heterocycles. The van der Waals surface area contributed by atoms with Crippen LogP contribution in [-0.4, -0.2) is 14.7 Å². The molecule has 1 aromatic heterocycles. The molecule has 0 aliphatic heterocycles. The lowest BCUT2D eigenvalue weighted by Gasteiger charge is -1.91. The van der Waals surface area contributed by atoms with Gasteiger partial charge in [0.1, 0.15) is 18.2 Å². The average Bonchev–Trinajstić information content (AvgIpc) is 2.10. The molecular formula is C5H9N3O. The summed E-state index contributed by atoms with van der Waals surface area (Å²) in [5.41, 5.74) is 5.31. The second-order valence-corrected chi connectivity index (χ2v) is 1.85. The molecule has 9 heavy (non-hydrogen) atoms. The van der Waals surface area contributed by atoms with Crippen LogP contribution in [0.1, 0.15) is 5.82 Å². The summed E-state index contributed by atoms with van der Waals surface area (Å²) in [5.74, 6) is 1.04. The Labute approximate surface area is 52.9 Å². The van der Waals surface area contributed by atoms with Crippen LogP contribution in [0.4, 0.5) is 5.82 Å². The molecule has 0 saturated heterocycles. The first-order valence-electron chi connectivity index (χ1n) is 2.62. The standard InChI is InChI=1S/C5H9N3O/c1-8-2-4(6)7-5(8)3-9/h2,9H,3,6H2,1H3. The highest BCUT2D eigenvalue weighted by molar-refractivity contribution is 5.25. The minimum atomic E-state index is -0.0618. The maximum absolute atomic E-state index is 8.59. The van der Waals surface area contributed by atoms with Gasteiger partial charge in [-0.15, -0.1) is 0 Å². The number of nitrogens with two attached hydrogens (primary N) is 1. The zero-order chi connectivity index (χ0) is 6.85. The summed E-state index contributed by atoms with van der Waals surface area (Å²) >= 11 is 0. The first-order valence-corrected chi connectivity index (χ1v) is 2.62. The zero-order valence-corrected chi connectivity index (χ0v) is 5.20. The van der Waals surface area contributed by atoms with Crippen LogP contribution < -0.4 is 5.73 Å². The van der Waals surface area contributed by atoms with Gasteiger partial charge in [-0.25, -0.2) is 4.98 Å². The lowest BCUT2D eigenvalue weighted by atomic mass is 10.6. The number of hydrogen-bond donors (Lipinski definition) is 2. The molecule has 4 nitrogen and oxygen atoms in total. The van der Waals surface area contributed by atoms with E-state index in [1.807, 2.05) is 0 Å². The molecule has 0 radical (unpaired) electrons. The Kier molecular flexibility index (Phi) is 1.40. The van der Waals surface area contributed by atoms with Gasteiger partial charge in [0.15, 0.2) is 0 Å². The van der Waals surface area contributed by atoms with Gasteiger partial charge in [-0.05, 0) is 0 Å². The topological polar surface area (TPSA) is 64.1 Å². The molecule has 0 aliphatic rings. The van der Waals surface area contributed by atoms with Crippen LogP contribution in [-0.2, 0) is 13.7 Å². The first-order chi connectivity index (χ1) is 4.24. The van der Waals surface area contributed by atoms with Crippen molar-refractivity contribution in [3.63, 3.8) is 0 Å². The van der Waals surface area contributed by atoms with E-state index in [-0.39, 0.29) is 6.61 Å². The summed E-state index contributed by atoms with van der Waals surface area (Å²) < 4.78 is 1.69. The first kappa shape index (κ1) is 6.10. The van der Waals surface area contributed by atoms with Crippen molar-refractivity contribution in [3.05, 3.63) is 12.0 Å². The summed E-state index contributed by atoms with van der Waals surface area (Å²) in [6, 6.07) is 0. The van der Waals surface area contributed by atoms with Crippen LogP contribution >= 0.6 is 0 Å². The predicted octanol–water partition coefficient (Wildman–Crippen LogP) is -0.505. The van der Waals surface area contributed by atoms with Crippen LogP contribution in [0.25, 0.3) is 0 Å². The summed E-state index contributed by atoms with van der Waals surface area (Å²) in [6.07, 6.45) is 1.66. The van der Waals surface area contributed by atoms with Gasteiger partial charge in [0.05, 0.1) is 0 Å². The lowest BCUT2D eigenvalue weighted by molar-refractivity contribution is 0.267. The van der Waals surface area contributed by atoms with Gasteiger partial charge >= 0.3 is 0 Å². The number of rotatable bonds is 1. The molecule has 4 heteroatoms. The second kappa shape index (κ2) is 2.06. The minimum Gasteiger partial charge on any atom is -0.388 e. The molecule has 0 spiro atoms. The predicted molar refractivity (Wildman–Crippen MR) is 33.5 cm³/mol. The largest absolute Gasteiger partial charge is 0.388 e. The average molecular weight is 127 g/mol. The normalized spacial score (nSPS) is 10.0. The van der Waals surface area contributed by atoms with Crippen LogP contribution in [0, 0.1) is 0 Å². The third kappa shape index (κ3) is 1.02. The van der Waals surface area contributed by atoms with E-state index >= 15 is 0 Å². The Bertz CT molecular complexity index is 206. The van der Waals surface area contributed by atoms with Crippen molar-refractivity contribution in [2.24, 2.45) is 7.05 Å². The fourth-order valence-corrected chi connectivity index (χ4v) is 0.677. The SMILES string of the molecule is Cn1cc(N)nc1CO. The van der Waals surface area contributed by atoms with Gasteiger partial charge in [-0.3, -0.25) is 0 Å². The smallest absolute Gasteiger partial charge is 0.142 e. The fraction of sp³-hybridized carbons (Fsp3) is 0.400. The van der Waals surface area contributed by atoms with E-state index in [1.165, 1.54) is 0 Å². The van der Waals surface area contributed by atoms with Gasteiger partial charge in [0.2, 0.25) is 0 Å². The van der Waals surface area contributed by atoms with Crippen molar-refractivity contribution in [2.45, 2.75) is 6.61 Å². The molecular weight excluding hydrogens is 118 g/mol. The number of aromatic nitrogens is 2. The number of aliphatic hydroxyl groups excluding tert-OH is 1. The number of hydrogen-bond acceptors (Lipinski definition) is 3. The molecule has 0 saturated carbocycles. The number of nitrogen functional groups attached to an aromatic ring is 1. The third-order valence-electron chi connectivity index (χ3n) is 1.13. The van der Waals surface area contributed by atoms with Crippen LogP contribution in [0.5, 0.6) is 0 Å². The Hall–Kier alpha value is -1.03. The Balaban J connectivity index is 3.01. The molecule has 1 aromatic rings. The van der Waals surface area contributed by atoms with Crippen molar-refractivity contribution < 1.29 is 5.11 Å². The van der Waals surface area contributed by atoms with Crippen LogP contribution in [0.2, 0.25) is 0 Å². The highest BCUT2D eigenvalue weighted by Crippen LogP contribution is 2.00. The van der Waals surface area contributed by atoms with E-state index in [4.69, 9.17) is 10.8 Å². The van der Waals surface area contributed by atoms with Crippen LogP contribution in [0.3, 0.4) is 0 Å².